The second-order valence-electron chi connectivity index (χ2n) is 9.05. The molecule has 0 radical (unpaired) electrons. The number of carbonyl (C=O) groups is 1. The molecule has 2 aliphatic carbocycles. The van der Waals surface area contributed by atoms with Crippen molar-refractivity contribution in [1.82, 2.24) is 20.2 Å². The molecule has 32 heavy (non-hydrogen) atoms. The lowest BCUT2D eigenvalue weighted by Gasteiger charge is -2.23. The number of hydrogen-bond donors (Lipinski definition) is 1. The Hall–Kier alpha value is -3.06. The van der Waals surface area contributed by atoms with E-state index in [0.717, 1.165) is 31.6 Å². The summed E-state index contributed by atoms with van der Waals surface area (Å²) in [6, 6.07) is 5.98. The number of nitrogens with one attached hydrogen (secondary N) is 1. The molecule has 2 aromatic rings. The van der Waals surface area contributed by atoms with Gasteiger partial charge >= 0.3 is 0 Å². The second-order valence-corrected chi connectivity index (χ2v) is 9.05. The van der Waals surface area contributed by atoms with Crippen LogP contribution >= 0.6 is 0 Å². The fourth-order valence-electron chi connectivity index (χ4n) is 4.65. The van der Waals surface area contributed by atoms with Crippen molar-refractivity contribution in [3.63, 3.8) is 0 Å². The zero-order valence-electron chi connectivity index (χ0n) is 18.5. The largest absolute Gasteiger partial charge is 0.340 e. The van der Waals surface area contributed by atoms with Crippen LogP contribution in [0.2, 0.25) is 0 Å². The van der Waals surface area contributed by atoms with E-state index in [1.807, 2.05) is 38.4 Å². The fraction of sp³-hybridized carbons (Fsp3) is 0.400. The molecule has 1 aliphatic heterocycles. The van der Waals surface area contributed by atoms with E-state index in [-0.39, 0.29) is 17.7 Å². The third-order valence-electron chi connectivity index (χ3n) is 6.85. The summed E-state index contributed by atoms with van der Waals surface area (Å²) in [7, 11) is 3.69. The Bertz CT molecular complexity index is 1090. The maximum absolute atomic E-state index is 15.2. The third-order valence-corrected chi connectivity index (χ3v) is 6.85. The number of rotatable bonds is 6. The summed E-state index contributed by atoms with van der Waals surface area (Å²) in [6.07, 6.45) is 12.6. The monoisotopic (exact) mass is 433 g/mol. The van der Waals surface area contributed by atoms with Crippen molar-refractivity contribution in [3.05, 3.63) is 71.6 Å². The van der Waals surface area contributed by atoms with Crippen molar-refractivity contribution in [1.29, 1.82) is 0 Å². The number of likely N-dealkylation sites (N-methyl/N-ethyl adjacent to an activating group) is 2. The lowest BCUT2D eigenvalue weighted by molar-refractivity contribution is 0.0797. The third kappa shape index (κ3) is 3.50. The highest BCUT2D eigenvalue weighted by Gasteiger charge is 2.52. The summed E-state index contributed by atoms with van der Waals surface area (Å²) < 4.78 is 15.2. The van der Waals surface area contributed by atoms with Crippen LogP contribution in [0.25, 0.3) is 0 Å². The van der Waals surface area contributed by atoms with Crippen LogP contribution in [-0.4, -0.2) is 54.5 Å². The van der Waals surface area contributed by atoms with Gasteiger partial charge < -0.3 is 15.1 Å². The number of nitrogens with zero attached hydrogens (tertiary/aromatic N) is 4. The Morgan fingerprint density at radius 1 is 1.25 bits per heavy atom. The minimum atomic E-state index is -1.56. The lowest BCUT2D eigenvalue weighted by atomic mass is 9.91. The predicted molar refractivity (Wildman–Crippen MR) is 123 cm³/mol. The van der Waals surface area contributed by atoms with Crippen LogP contribution in [0.15, 0.2) is 54.9 Å². The Kier molecular flexibility index (Phi) is 5.08. The van der Waals surface area contributed by atoms with Gasteiger partial charge in [-0.1, -0.05) is 24.3 Å². The molecule has 5 rings (SSSR count). The standard InChI is InChI=1S/C25H28FN5O/c1-27-12-13-30(2)22(32)18-6-7-20-21(14-18)31(17-24(20)10-11-24)23-28-15-19(16-29-23)25(26)8-4-3-5-9-25/h3-8,14-16,27H,9-13,17H2,1-2H3. The topological polar surface area (TPSA) is 61.4 Å². The van der Waals surface area contributed by atoms with Gasteiger partial charge in [-0.3, -0.25) is 4.79 Å². The summed E-state index contributed by atoms with van der Waals surface area (Å²) in [5.74, 6) is 0.540. The molecule has 3 aliphatic rings. The van der Waals surface area contributed by atoms with Gasteiger partial charge in [-0.2, -0.15) is 0 Å². The van der Waals surface area contributed by atoms with Crippen molar-refractivity contribution < 1.29 is 9.18 Å². The molecule has 1 aromatic heterocycles. The van der Waals surface area contributed by atoms with Crippen molar-refractivity contribution in [3.8, 4) is 0 Å². The maximum Gasteiger partial charge on any atom is 0.253 e. The molecule has 1 atom stereocenters. The van der Waals surface area contributed by atoms with Crippen molar-refractivity contribution >= 4 is 17.5 Å². The van der Waals surface area contributed by atoms with Crippen LogP contribution in [0.1, 0.15) is 40.7 Å². The van der Waals surface area contributed by atoms with E-state index < -0.39 is 5.67 Å². The first-order valence-corrected chi connectivity index (χ1v) is 11.1. The van der Waals surface area contributed by atoms with Crippen LogP contribution in [-0.2, 0) is 11.1 Å². The number of amides is 1. The van der Waals surface area contributed by atoms with Gasteiger partial charge in [-0.25, -0.2) is 14.4 Å². The van der Waals surface area contributed by atoms with E-state index in [9.17, 15) is 4.79 Å². The highest BCUT2D eigenvalue weighted by Crippen LogP contribution is 2.57. The van der Waals surface area contributed by atoms with Gasteiger partial charge in [-0.15, -0.1) is 0 Å². The number of halogens is 1. The van der Waals surface area contributed by atoms with E-state index in [2.05, 4.69) is 26.3 Å². The molecular weight excluding hydrogens is 405 g/mol. The highest BCUT2D eigenvalue weighted by molar-refractivity contribution is 5.96. The zero-order chi connectivity index (χ0) is 22.3. The Labute approximate surface area is 187 Å². The molecule has 1 fully saturated rings. The first-order valence-electron chi connectivity index (χ1n) is 11.1. The summed E-state index contributed by atoms with van der Waals surface area (Å²) in [5.41, 5.74) is 1.90. The number of hydrogen-bond acceptors (Lipinski definition) is 5. The van der Waals surface area contributed by atoms with Gasteiger partial charge in [0.05, 0.1) is 0 Å². The second kappa shape index (κ2) is 7.81. The smallest absolute Gasteiger partial charge is 0.253 e. The van der Waals surface area contributed by atoms with Crippen LogP contribution in [0, 0.1) is 0 Å². The SMILES string of the molecule is CNCCN(C)C(=O)c1ccc2c(c1)N(c1ncc(C3(F)C=CC=CC3)cn1)CC21CC1. The maximum atomic E-state index is 15.2. The molecule has 6 nitrogen and oxygen atoms in total. The molecule has 1 saturated carbocycles. The summed E-state index contributed by atoms with van der Waals surface area (Å²) >= 11 is 0. The first kappa shape index (κ1) is 20.8. The predicted octanol–water partition coefficient (Wildman–Crippen LogP) is 3.63. The summed E-state index contributed by atoms with van der Waals surface area (Å²) in [6.45, 7) is 2.17. The van der Waals surface area contributed by atoms with Crippen molar-refractivity contribution in [2.24, 2.45) is 0 Å². The van der Waals surface area contributed by atoms with Gasteiger partial charge in [0.2, 0.25) is 5.95 Å². The Morgan fingerprint density at radius 2 is 2.03 bits per heavy atom. The van der Waals surface area contributed by atoms with Gasteiger partial charge in [-0.05, 0) is 43.7 Å². The Morgan fingerprint density at radius 3 is 2.69 bits per heavy atom. The van der Waals surface area contributed by atoms with Gasteiger partial charge in [0, 0.05) is 67.7 Å². The van der Waals surface area contributed by atoms with E-state index in [4.69, 9.17) is 0 Å². The van der Waals surface area contributed by atoms with Crippen LogP contribution < -0.4 is 10.2 Å². The van der Waals surface area contributed by atoms with Crippen LogP contribution in [0.5, 0.6) is 0 Å². The lowest BCUT2D eigenvalue weighted by Crippen LogP contribution is -2.32. The van der Waals surface area contributed by atoms with Gasteiger partial charge in [0.25, 0.3) is 5.91 Å². The molecule has 1 amide bonds. The fourth-order valence-corrected chi connectivity index (χ4v) is 4.65. The normalized spacial score (nSPS) is 22.3. The number of alkyl halides is 1. The molecule has 0 saturated heterocycles. The van der Waals surface area contributed by atoms with Crippen LogP contribution in [0.3, 0.4) is 0 Å². The average molecular weight is 434 g/mol. The average Bonchev–Trinajstić information content (AvgIpc) is 3.53. The van der Waals surface area contributed by atoms with Crippen LogP contribution in [0.4, 0.5) is 16.0 Å². The van der Waals surface area contributed by atoms with E-state index in [0.29, 0.717) is 23.6 Å². The molecular formula is C25H28FN5O. The van der Waals surface area contributed by atoms with E-state index in [1.54, 1.807) is 29.4 Å². The highest BCUT2D eigenvalue weighted by atomic mass is 19.1. The zero-order valence-corrected chi connectivity index (χ0v) is 18.5. The van der Waals surface area contributed by atoms with E-state index >= 15 is 4.39 Å². The number of fused-ring (bicyclic) bond motifs is 2. The molecule has 2 heterocycles. The van der Waals surface area contributed by atoms with Crippen molar-refractivity contribution in [2.45, 2.75) is 30.3 Å². The minimum Gasteiger partial charge on any atom is -0.340 e. The number of carbonyl (C=O) groups excluding carboxylic acids is 1. The summed E-state index contributed by atoms with van der Waals surface area (Å²) in [5, 5.41) is 3.07. The quantitative estimate of drug-likeness (QED) is 0.754. The molecule has 1 spiro atoms. The minimum absolute atomic E-state index is 0.00692. The first-order chi connectivity index (χ1) is 15.5. The number of anilines is 2. The Balaban J connectivity index is 1.44. The molecule has 166 valence electrons. The van der Waals surface area contributed by atoms with E-state index in [1.165, 1.54) is 5.56 Å². The molecule has 1 aromatic carbocycles. The molecule has 7 heteroatoms. The molecule has 0 bridgehead atoms. The van der Waals surface area contributed by atoms with Crippen molar-refractivity contribution in [2.75, 3.05) is 38.6 Å². The van der Waals surface area contributed by atoms with Gasteiger partial charge in [0.15, 0.2) is 5.67 Å². The van der Waals surface area contributed by atoms with Gasteiger partial charge in [0.1, 0.15) is 0 Å². The number of benzene rings is 1. The molecule has 1 N–H and O–H groups in total. The number of aromatic nitrogens is 2. The summed E-state index contributed by atoms with van der Waals surface area (Å²) in [4.78, 5) is 25.8. The number of allylic oxidation sites excluding steroid dienone is 4. The molecule has 1 unspecified atom stereocenters.